The molecule has 1 saturated heterocycles. The van der Waals surface area contributed by atoms with Crippen LogP contribution in [-0.4, -0.2) is 79.5 Å². The number of aliphatic hydroxyl groups is 1. The lowest BCUT2D eigenvalue weighted by molar-refractivity contribution is -0.307. The second-order valence-electron chi connectivity index (χ2n) is 6.20. The van der Waals surface area contributed by atoms with Crippen LogP contribution in [0.5, 0.6) is 0 Å². The van der Waals surface area contributed by atoms with Crippen LogP contribution in [0.2, 0.25) is 0 Å². The van der Waals surface area contributed by atoms with Gasteiger partial charge >= 0.3 is 23.9 Å². The summed E-state index contributed by atoms with van der Waals surface area (Å²) in [5.41, 5.74) is 0. The summed E-state index contributed by atoms with van der Waals surface area (Å²) in [4.78, 5) is 46.1. The van der Waals surface area contributed by atoms with E-state index in [4.69, 9.17) is 33.5 Å². The first kappa shape index (κ1) is 25.4. The quantitative estimate of drug-likeness (QED) is 0.230. The lowest BCUT2D eigenvalue weighted by Gasteiger charge is -2.44. The summed E-state index contributed by atoms with van der Waals surface area (Å²) in [6.45, 7) is 3.98. The molecule has 11 nitrogen and oxygen atoms in total. The standard InChI is InChI=1S/C19H26O11/c1-11(21)26-10-15-16(27-12(2)22)17(28-13(3)23)18(29-14(4)24)19(30-15)25-9-7-5-6-8-20/h15-20H,7-10H2,1-4H3/t15-,16+,17+,18-,19-/m1/s1. The molecule has 0 bridgehead atoms. The van der Waals surface area contributed by atoms with Gasteiger partial charge in [0.2, 0.25) is 0 Å². The van der Waals surface area contributed by atoms with E-state index in [-0.39, 0.29) is 26.2 Å². The zero-order valence-corrected chi connectivity index (χ0v) is 17.2. The molecule has 1 aliphatic rings. The molecule has 168 valence electrons. The maximum atomic E-state index is 11.7. The molecular formula is C19H26O11. The van der Waals surface area contributed by atoms with Gasteiger partial charge in [0, 0.05) is 34.1 Å². The number of hydrogen-bond acceptors (Lipinski definition) is 11. The maximum absolute atomic E-state index is 11.7. The molecule has 30 heavy (non-hydrogen) atoms. The lowest BCUT2D eigenvalue weighted by atomic mass is 9.98. The first-order valence-electron chi connectivity index (χ1n) is 9.14. The fraction of sp³-hybridized carbons (Fsp3) is 0.684. The number of esters is 4. The van der Waals surface area contributed by atoms with Gasteiger partial charge in [0.1, 0.15) is 19.3 Å². The molecule has 0 amide bonds. The number of aliphatic hydroxyl groups excluding tert-OH is 1. The summed E-state index contributed by atoms with van der Waals surface area (Å²) in [5, 5.41) is 8.69. The second kappa shape index (κ2) is 12.8. The van der Waals surface area contributed by atoms with Crippen LogP contribution in [0.15, 0.2) is 0 Å². The van der Waals surface area contributed by atoms with E-state index in [9.17, 15) is 19.2 Å². The average Bonchev–Trinajstić information content (AvgIpc) is 2.63. The highest BCUT2D eigenvalue weighted by Crippen LogP contribution is 2.30. The van der Waals surface area contributed by atoms with E-state index in [1.807, 2.05) is 0 Å². The summed E-state index contributed by atoms with van der Waals surface area (Å²) in [7, 11) is 0. The molecule has 1 rings (SSSR count). The summed E-state index contributed by atoms with van der Waals surface area (Å²) in [5.74, 6) is 2.33. The third-order valence-electron chi connectivity index (χ3n) is 3.66. The fourth-order valence-corrected chi connectivity index (χ4v) is 2.69. The van der Waals surface area contributed by atoms with Crippen LogP contribution in [0.25, 0.3) is 0 Å². The second-order valence-corrected chi connectivity index (χ2v) is 6.20. The Bertz CT molecular complexity index is 678. The van der Waals surface area contributed by atoms with E-state index in [1.165, 1.54) is 6.92 Å². The number of ether oxygens (including phenoxy) is 6. The first-order chi connectivity index (χ1) is 14.1. The fourth-order valence-electron chi connectivity index (χ4n) is 2.69. The van der Waals surface area contributed by atoms with Crippen LogP contribution < -0.4 is 0 Å². The van der Waals surface area contributed by atoms with Gasteiger partial charge < -0.3 is 33.5 Å². The van der Waals surface area contributed by atoms with Crippen molar-refractivity contribution in [1.82, 2.24) is 0 Å². The smallest absolute Gasteiger partial charge is 0.303 e. The highest BCUT2D eigenvalue weighted by atomic mass is 16.7. The van der Waals surface area contributed by atoms with Crippen molar-refractivity contribution < 1.29 is 52.7 Å². The molecule has 0 aromatic rings. The van der Waals surface area contributed by atoms with Crippen LogP contribution in [0.3, 0.4) is 0 Å². The summed E-state index contributed by atoms with van der Waals surface area (Å²) < 4.78 is 32.0. The van der Waals surface area contributed by atoms with Gasteiger partial charge in [-0.2, -0.15) is 0 Å². The molecular weight excluding hydrogens is 404 g/mol. The Labute approximate surface area is 173 Å². The number of carbonyl (C=O) groups excluding carboxylic acids is 4. The number of rotatable bonds is 8. The average molecular weight is 430 g/mol. The van der Waals surface area contributed by atoms with Gasteiger partial charge in [0.15, 0.2) is 24.6 Å². The van der Waals surface area contributed by atoms with Gasteiger partial charge in [-0.1, -0.05) is 11.8 Å². The zero-order chi connectivity index (χ0) is 22.7. The molecule has 1 aliphatic heterocycles. The van der Waals surface area contributed by atoms with Crippen LogP contribution >= 0.6 is 0 Å². The van der Waals surface area contributed by atoms with Gasteiger partial charge in [-0.15, -0.1) is 0 Å². The van der Waals surface area contributed by atoms with Crippen molar-refractivity contribution in [2.45, 2.75) is 64.8 Å². The van der Waals surface area contributed by atoms with Crippen molar-refractivity contribution in [2.24, 2.45) is 0 Å². The molecule has 0 aromatic heterocycles. The predicted molar refractivity (Wildman–Crippen MR) is 97.4 cm³/mol. The van der Waals surface area contributed by atoms with E-state index in [0.717, 1.165) is 20.8 Å². The SMILES string of the molecule is CC(=O)OC[C@H]1O[C@@H](OCCC#CCO)[C@H](OC(C)=O)[C@@H](OC(C)=O)[C@H]1OC(C)=O. The van der Waals surface area contributed by atoms with Gasteiger partial charge in [0.05, 0.1) is 6.61 Å². The molecule has 1 fully saturated rings. The first-order valence-corrected chi connectivity index (χ1v) is 9.14. The zero-order valence-electron chi connectivity index (χ0n) is 17.2. The Kier molecular flexibility index (Phi) is 10.8. The molecule has 0 saturated carbocycles. The molecule has 0 aromatic carbocycles. The number of hydrogen-bond donors (Lipinski definition) is 1. The topological polar surface area (TPSA) is 144 Å². The van der Waals surface area contributed by atoms with Gasteiger partial charge in [-0.25, -0.2) is 0 Å². The van der Waals surface area contributed by atoms with Crippen molar-refractivity contribution >= 4 is 23.9 Å². The monoisotopic (exact) mass is 430 g/mol. The third kappa shape index (κ3) is 8.77. The van der Waals surface area contributed by atoms with Crippen molar-refractivity contribution in [2.75, 3.05) is 19.8 Å². The largest absolute Gasteiger partial charge is 0.463 e. The van der Waals surface area contributed by atoms with E-state index in [0.29, 0.717) is 0 Å². The highest BCUT2D eigenvalue weighted by Gasteiger charge is 2.52. The Hall–Kier alpha value is -2.68. The van der Waals surface area contributed by atoms with Gasteiger partial charge in [0.25, 0.3) is 0 Å². The van der Waals surface area contributed by atoms with Crippen molar-refractivity contribution in [1.29, 1.82) is 0 Å². The van der Waals surface area contributed by atoms with Crippen LogP contribution in [0, 0.1) is 11.8 Å². The highest BCUT2D eigenvalue weighted by molar-refractivity contribution is 5.68. The normalized spacial score (nSPS) is 25.3. The lowest BCUT2D eigenvalue weighted by Crippen LogP contribution is -2.63. The number of carbonyl (C=O) groups is 4. The Morgan fingerprint density at radius 1 is 0.833 bits per heavy atom. The molecule has 0 spiro atoms. The molecule has 0 radical (unpaired) electrons. The van der Waals surface area contributed by atoms with E-state index >= 15 is 0 Å². The predicted octanol–water partition coefficient (Wildman–Crippen LogP) is -0.528. The summed E-state index contributed by atoms with van der Waals surface area (Å²) >= 11 is 0. The Morgan fingerprint density at radius 2 is 1.40 bits per heavy atom. The Balaban J connectivity index is 3.18. The van der Waals surface area contributed by atoms with E-state index in [1.54, 1.807) is 0 Å². The van der Waals surface area contributed by atoms with Crippen LogP contribution in [-0.2, 0) is 47.6 Å². The molecule has 5 atom stereocenters. The van der Waals surface area contributed by atoms with Crippen LogP contribution in [0.4, 0.5) is 0 Å². The molecule has 11 heteroatoms. The van der Waals surface area contributed by atoms with Crippen molar-refractivity contribution in [3.05, 3.63) is 0 Å². The minimum Gasteiger partial charge on any atom is -0.463 e. The summed E-state index contributed by atoms with van der Waals surface area (Å²) in [6, 6.07) is 0. The minimum atomic E-state index is -1.28. The van der Waals surface area contributed by atoms with Gasteiger partial charge in [-0.05, 0) is 0 Å². The molecule has 1 heterocycles. The van der Waals surface area contributed by atoms with Crippen LogP contribution in [0.1, 0.15) is 34.1 Å². The van der Waals surface area contributed by atoms with Gasteiger partial charge in [-0.3, -0.25) is 19.2 Å². The minimum absolute atomic E-state index is 0.0285. The Morgan fingerprint density at radius 3 is 1.93 bits per heavy atom. The van der Waals surface area contributed by atoms with Crippen molar-refractivity contribution in [3.8, 4) is 11.8 Å². The summed E-state index contributed by atoms with van der Waals surface area (Å²) in [6.07, 6.45) is -5.85. The molecule has 0 aliphatic carbocycles. The maximum Gasteiger partial charge on any atom is 0.303 e. The molecule has 0 unspecified atom stereocenters. The van der Waals surface area contributed by atoms with Crippen molar-refractivity contribution in [3.63, 3.8) is 0 Å². The van der Waals surface area contributed by atoms with E-state index < -0.39 is 54.6 Å². The molecule has 1 N–H and O–H groups in total. The third-order valence-corrected chi connectivity index (χ3v) is 3.66. The van der Waals surface area contributed by atoms with E-state index in [2.05, 4.69) is 11.8 Å².